The Labute approximate surface area is 163 Å². The monoisotopic (exact) mass is 378 g/mol. The molecule has 27 heavy (non-hydrogen) atoms. The van der Waals surface area contributed by atoms with Crippen molar-refractivity contribution in [1.29, 1.82) is 0 Å². The highest BCUT2D eigenvalue weighted by molar-refractivity contribution is 7.99. The van der Waals surface area contributed by atoms with E-state index in [4.69, 9.17) is 4.98 Å². The number of pyridine rings is 1. The molecule has 1 amide bonds. The van der Waals surface area contributed by atoms with Gasteiger partial charge in [-0.2, -0.15) is 0 Å². The number of amides is 1. The number of para-hydroxylation sites is 1. The number of anilines is 1. The minimum atomic E-state index is -0.0723. The maximum Gasteiger partial charge on any atom is 0.225 e. The summed E-state index contributed by atoms with van der Waals surface area (Å²) in [5.74, 6) is 0.550. The Morgan fingerprint density at radius 2 is 1.81 bits per heavy atom. The first-order valence-electron chi connectivity index (χ1n) is 8.84. The Bertz CT molecular complexity index is 1010. The fraction of sp³-hybridized carbons (Fsp3) is 0.227. The number of nitrogens with zero attached hydrogens (tertiary/aromatic N) is 1. The predicted molar refractivity (Wildman–Crippen MR) is 112 cm³/mol. The van der Waals surface area contributed by atoms with E-state index in [0.29, 0.717) is 23.4 Å². The Morgan fingerprint density at radius 1 is 1.04 bits per heavy atom. The van der Waals surface area contributed by atoms with Crippen LogP contribution in [0.5, 0.6) is 0 Å². The second kappa shape index (κ2) is 8.35. The molecule has 0 spiro atoms. The van der Waals surface area contributed by atoms with Crippen LogP contribution in [0.4, 0.5) is 5.69 Å². The minimum Gasteiger partial charge on any atom is -0.326 e. The molecular weight excluding hydrogens is 356 g/mol. The van der Waals surface area contributed by atoms with Crippen LogP contribution in [0.2, 0.25) is 0 Å². The van der Waals surface area contributed by atoms with Crippen LogP contribution in [0, 0.1) is 13.8 Å². The van der Waals surface area contributed by atoms with Gasteiger partial charge in [-0.1, -0.05) is 30.3 Å². The van der Waals surface area contributed by atoms with E-state index in [2.05, 4.69) is 37.4 Å². The fourth-order valence-corrected chi connectivity index (χ4v) is 3.81. The summed E-state index contributed by atoms with van der Waals surface area (Å²) in [7, 11) is 0. The zero-order chi connectivity index (χ0) is 19.4. The molecule has 0 saturated heterocycles. The van der Waals surface area contributed by atoms with Crippen molar-refractivity contribution in [3.05, 3.63) is 65.2 Å². The van der Waals surface area contributed by atoms with Crippen molar-refractivity contribution in [1.82, 2.24) is 4.98 Å². The molecule has 138 valence electrons. The molecule has 0 fully saturated rings. The number of aryl methyl sites for hydroxylation is 2. The van der Waals surface area contributed by atoms with Gasteiger partial charge in [0.25, 0.3) is 0 Å². The lowest BCUT2D eigenvalue weighted by Crippen LogP contribution is -2.12. The zero-order valence-electron chi connectivity index (χ0n) is 15.7. The Hall–Kier alpha value is -2.66. The lowest BCUT2D eigenvalue weighted by molar-refractivity contribution is -0.115. The van der Waals surface area contributed by atoms with Gasteiger partial charge in [0.2, 0.25) is 5.91 Å². The maximum atomic E-state index is 12.2. The third-order valence-electron chi connectivity index (χ3n) is 4.36. The fourth-order valence-electron chi connectivity index (χ4n) is 2.89. The number of aromatic nitrogens is 1. The molecule has 2 aromatic carbocycles. The van der Waals surface area contributed by atoms with Gasteiger partial charge in [-0.05, 0) is 50.1 Å². The van der Waals surface area contributed by atoms with Crippen LogP contribution in [0.25, 0.3) is 10.9 Å². The molecular formula is C22H22N2O2S. The van der Waals surface area contributed by atoms with Gasteiger partial charge < -0.3 is 5.32 Å². The van der Waals surface area contributed by atoms with E-state index < -0.39 is 0 Å². The number of fused-ring (bicyclic) bond motifs is 1. The number of carbonyl (C=O) groups excluding carboxylic acids is 2. The van der Waals surface area contributed by atoms with Crippen LogP contribution >= 0.6 is 11.8 Å². The number of Topliss-reactive ketones (excluding diaryl/α,β-unsaturated/α-hetero) is 1. The number of benzene rings is 2. The van der Waals surface area contributed by atoms with E-state index in [1.165, 1.54) is 17.9 Å². The molecule has 3 aromatic rings. The number of ketones is 1. The predicted octanol–water partition coefficient (Wildman–Crippen LogP) is 5.18. The van der Waals surface area contributed by atoms with Crippen LogP contribution in [-0.2, 0) is 4.79 Å². The van der Waals surface area contributed by atoms with Crippen molar-refractivity contribution in [2.24, 2.45) is 0 Å². The standard InChI is InChI=1S/C22H22N2O2S/c1-14-6-4-9-19-15(2)12-21(24-22(14)19)27-11-10-20(26)23-18-8-5-7-17(13-18)16(3)25/h4-9,12-13H,10-11H2,1-3H3,(H,23,26). The second-order valence-electron chi connectivity index (χ2n) is 6.53. The second-order valence-corrected chi connectivity index (χ2v) is 7.65. The highest BCUT2D eigenvalue weighted by Crippen LogP contribution is 2.26. The molecule has 0 bridgehead atoms. The molecule has 0 aliphatic heterocycles. The first kappa shape index (κ1) is 19.1. The van der Waals surface area contributed by atoms with Crippen molar-refractivity contribution < 1.29 is 9.59 Å². The number of hydrogen-bond donors (Lipinski definition) is 1. The molecule has 0 aliphatic rings. The summed E-state index contributed by atoms with van der Waals surface area (Å²) in [5.41, 5.74) is 4.60. The summed E-state index contributed by atoms with van der Waals surface area (Å²) in [6, 6.07) is 15.3. The van der Waals surface area contributed by atoms with Crippen molar-refractivity contribution in [2.45, 2.75) is 32.2 Å². The summed E-state index contributed by atoms with van der Waals surface area (Å²) in [5, 5.41) is 4.95. The van der Waals surface area contributed by atoms with Crippen LogP contribution < -0.4 is 5.32 Å². The topological polar surface area (TPSA) is 59.1 Å². The van der Waals surface area contributed by atoms with E-state index in [1.54, 1.807) is 36.0 Å². The average Bonchev–Trinajstić information content (AvgIpc) is 2.63. The Balaban J connectivity index is 1.60. The number of thioether (sulfide) groups is 1. The Morgan fingerprint density at radius 3 is 2.59 bits per heavy atom. The average molecular weight is 378 g/mol. The highest BCUT2D eigenvalue weighted by Gasteiger charge is 2.08. The molecule has 4 nitrogen and oxygen atoms in total. The molecule has 0 atom stereocenters. The minimum absolute atomic E-state index is 0.0188. The number of hydrogen-bond acceptors (Lipinski definition) is 4. The molecule has 1 aromatic heterocycles. The largest absolute Gasteiger partial charge is 0.326 e. The molecule has 3 rings (SSSR count). The SMILES string of the molecule is CC(=O)c1cccc(NC(=O)CCSc2cc(C)c3cccc(C)c3n2)c1. The summed E-state index contributed by atoms with van der Waals surface area (Å²) in [6.45, 7) is 5.66. The van der Waals surface area contributed by atoms with Gasteiger partial charge in [-0.15, -0.1) is 11.8 Å². The van der Waals surface area contributed by atoms with E-state index in [9.17, 15) is 9.59 Å². The van der Waals surface area contributed by atoms with Gasteiger partial charge in [-0.25, -0.2) is 4.98 Å². The normalized spacial score (nSPS) is 10.8. The van der Waals surface area contributed by atoms with Crippen LogP contribution in [0.3, 0.4) is 0 Å². The number of nitrogens with one attached hydrogen (secondary N) is 1. The van der Waals surface area contributed by atoms with E-state index in [-0.39, 0.29) is 11.7 Å². The van der Waals surface area contributed by atoms with E-state index in [0.717, 1.165) is 16.1 Å². The molecule has 1 N–H and O–H groups in total. The van der Waals surface area contributed by atoms with Crippen molar-refractivity contribution in [3.8, 4) is 0 Å². The molecule has 0 radical (unpaired) electrons. The van der Waals surface area contributed by atoms with Gasteiger partial charge in [0.05, 0.1) is 10.5 Å². The first-order chi connectivity index (χ1) is 12.9. The molecule has 0 unspecified atom stereocenters. The number of rotatable bonds is 6. The molecule has 0 saturated carbocycles. The van der Waals surface area contributed by atoms with Gasteiger partial charge in [0.1, 0.15) is 0 Å². The van der Waals surface area contributed by atoms with Gasteiger partial charge in [0, 0.05) is 28.8 Å². The van der Waals surface area contributed by atoms with Gasteiger partial charge >= 0.3 is 0 Å². The smallest absolute Gasteiger partial charge is 0.225 e. The third-order valence-corrected chi connectivity index (χ3v) is 5.27. The van der Waals surface area contributed by atoms with E-state index >= 15 is 0 Å². The lowest BCUT2D eigenvalue weighted by atomic mass is 10.1. The van der Waals surface area contributed by atoms with Crippen LogP contribution in [0.15, 0.2) is 53.6 Å². The summed E-state index contributed by atoms with van der Waals surface area (Å²) in [4.78, 5) is 28.4. The zero-order valence-corrected chi connectivity index (χ0v) is 16.5. The van der Waals surface area contributed by atoms with Crippen molar-refractivity contribution in [3.63, 3.8) is 0 Å². The maximum absolute atomic E-state index is 12.2. The summed E-state index contributed by atoms with van der Waals surface area (Å²) >= 11 is 1.58. The molecule has 0 aliphatic carbocycles. The van der Waals surface area contributed by atoms with Crippen LogP contribution in [0.1, 0.15) is 34.8 Å². The number of carbonyl (C=O) groups is 2. The van der Waals surface area contributed by atoms with Crippen molar-refractivity contribution >= 4 is 40.0 Å². The first-order valence-corrected chi connectivity index (χ1v) is 9.83. The van der Waals surface area contributed by atoms with Crippen LogP contribution in [-0.4, -0.2) is 22.4 Å². The third kappa shape index (κ3) is 4.74. The molecule has 5 heteroatoms. The van der Waals surface area contributed by atoms with Gasteiger partial charge in [-0.3, -0.25) is 9.59 Å². The quantitative estimate of drug-likeness (QED) is 0.474. The molecule has 1 heterocycles. The van der Waals surface area contributed by atoms with Crippen molar-refractivity contribution in [2.75, 3.05) is 11.1 Å². The summed E-state index contributed by atoms with van der Waals surface area (Å²) < 4.78 is 0. The highest BCUT2D eigenvalue weighted by atomic mass is 32.2. The van der Waals surface area contributed by atoms with Gasteiger partial charge in [0.15, 0.2) is 5.78 Å². The lowest BCUT2D eigenvalue weighted by Gasteiger charge is -2.09. The Kier molecular flexibility index (Phi) is 5.91. The van der Waals surface area contributed by atoms with E-state index in [1.807, 2.05) is 6.07 Å². The summed E-state index contributed by atoms with van der Waals surface area (Å²) in [6.07, 6.45) is 0.376.